The summed E-state index contributed by atoms with van der Waals surface area (Å²) in [5, 5.41) is 0. The van der Waals surface area contributed by atoms with Gasteiger partial charge in [-0.05, 0) is 72.8 Å². The summed E-state index contributed by atoms with van der Waals surface area (Å²) in [4.78, 5) is 0. The minimum atomic E-state index is 0.279. The molecule has 0 bridgehead atoms. The zero-order valence-electron chi connectivity index (χ0n) is 11.4. The lowest BCUT2D eigenvalue weighted by molar-refractivity contribution is 0.579. The van der Waals surface area contributed by atoms with Crippen molar-refractivity contribution in [3.8, 4) is 0 Å². The molecule has 0 spiro atoms. The van der Waals surface area contributed by atoms with E-state index in [0.29, 0.717) is 0 Å². The first-order chi connectivity index (χ1) is 7.41. The van der Waals surface area contributed by atoms with E-state index in [9.17, 15) is 0 Å². The van der Waals surface area contributed by atoms with Crippen molar-refractivity contribution >= 4 is 0 Å². The van der Waals surface area contributed by atoms with Gasteiger partial charge in [0.05, 0.1) is 0 Å². The molecule has 0 aromatic heterocycles. The summed E-state index contributed by atoms with van der Waals surface area (Å²) in [6.45, 7) is 11.6. The highest BCUT2D eigenvalue weighted by atomic mass is 14.3. The minimum absolute atomic E-state index is 0.279. The number of fused-ring (bicyclic) bond motifs is 1. The summed E-state index contributed by atoms with van der Waals surface area (Å²) in [5.41, 5.74) is 8.22. The van der Waals surface area contributed by atoms with E-state index in [4.69, 9.17) is 0 Å². The van der Waals surface area contributed by atoms with Crippen LogP contribution in [0.25, 0.3) is 0 Å². The van der Waals surface area contributed by atoms with Gasteiger partial charge in [-0.1, -0.05) is 26.8 Å². The Hall–Kier alpha value is -0.780. The van der Waals surface area contributed by atoms with Crippen molar-refractivity contribution < 1.29 is 0 Å². The van der Waals surface area contributed by atoms with Crippen molar-refractivity contribution in [2.75, 3.05) is 0 Å². The van der Waals surface area contributed by atoms with Crippen LogP contribution in [0.2, 0.25) is 0 Å². The van der Waals surface area contributed by atoms with Gasteiger partial charge in [0.25, 0.3) is 0 Å². The number of hydrogen-bond acceptors (Lipinski definition) is 0. The third-order valence-electron chi connectivity index (χ3n) is 3.97. The van der Waals surface area contributed by atoms with Crippen molar-refractivity contribution in [1.82, 2.24) is 0 Å². The quantitative estimate of drug-likeness (QED) is 0.600. The van der Waals surface area contributed by atoms with Crippen LogP contribution in [-0.4, -0.2) is 0 Å². The van der Waals surface area contributed by atoms with Gasteiger partial charge in [0.2, 0.25) is 0 Å². The van der Waals surface area contributed by atoms with Crippen LogP contribution >= 0.6 is 0 Å². The summed E-state index contributed by atoms with van der Waals surface area (Å²) in [7, 11) is 0. The fourth-order valence-electron chi connectivity index (χ4n) is 3.11. The molecule has 1 aromatic carbocycles. The average molecular weight is 216 g/mol. The van der Waals surface area contributed by atoms with Crippen LogP contribution in [0.4, 0.5) is 0 Å². The van der Waals surface area contributed by atoms with E-state index >= 15 is 0 Å². The van der Waals surface area contributed by atoms with Gasteiger partial charge >= 0.3 is 0 Å². The van der Waals surface area contributed by atoms with Crippen LogP contribution < -0.4 is 0 Å². The first-order valence-corrected chi connectivity index (χ1v) is 6.53. The summed E-state index contributed by atoms with van der Waals surface area (Å²) < 4.78 is 0. The molecule has 0 N–H and O–H groups in total. The Labute approximate surface area is 100 Å². The van der Waals surface area contributed by atoms with E-state index in [1.165, 1.54) is 31.2 Å². The Morgan fingerprint density at radius 2 is 1.50 bits per heavy atom. The second kappa shape index (κ2) is 3.91. The van der Waals surface area contributed by atoms with Gasteiger partial charge < -0.3 is 0 Å². The molecule has 0 atom stereocenters. The van der Waals surface area contributed by atoms with Crippen LogP contribution in [0.3, 0.4) is 0 Å². The van der Waals surface area contributed by atoms with Crippen LogP contribution in [0, 0.1) is 13.8 Å². The molecule has 0 unspecified atom stereocenters. The molecule has 0 heteroatoms. The highest BCUT2D eigenvalue weighted by molar-refractivity contribution is 5.48. The largest absolute Gasteiger partial charge is 0.0561 e. The van der Waals surface area contributed by atoms with Gasteiger partial charge in [0.15, 0.2) is 0 Å². The van der Waals surface area contributed by atoms with Crippen molar-refractivity contribution in [3.05, 3.63) is 33.9 Å². The second-order valence-corrected chi connectivity index (χ2v) is 6.28. The van der Waals surface area contributed by atoms with Gasteiger partial charge in [0, 0.05) is 0 Å². The number of aryl methyl sites for hydroxylation is 1. The number of benzene rings is 1. The van der Waals surface area contributed by atoms with E-state index < -0.39 is 0 Å². The first-order valence-electron chi connectivity index (χ1n) is 6.53. The molecule has 0 saturated heterocycles. The lowest BCUT2D eigenvalue weighted by Gasteiger charge is -2.28. The first kappa shape index (κ1) is 11.7. The molecule has 0 nitrogen and oxygen atoms in total. The van der Waals surface area contributed by atoms with Crippen LogP contribution in [0.1, 0.15) is 61.4 Å². The van der Waals surface area contributed by atoms with Crippen molar-refractivity contribution in [1.29, 1.82) is 0 Å². The third-order valence-corrected chi connectivity index (χ3v) is 3.97. The number of hydrogen-bond donors (Lipinski definition) is 0. The zero-order chi connectivity index (χ0) is 11.9. The Kier molecular flexibility index (Phi) is 2.86. The van der Waals surface area contributed by atoms with Crippen LogP contribution in [-0.2, 0) is 18.3 Å². The Bertz CT molecular complexity index is 405. The summed E-state index contributed by atoms with van der Waals surface area (Å²) in [6.07, 6.45) is 5.35. The van der Waals surface area contributed by atoms with Gasteiger partial charge in [0.1, 0.15) is 0 Å². The molecule has 0 saturated carbocycles. The maximum atomic E-state index is 2.43. The maximum Gasteiger partial charge on any atom is -0.0129 e. The molecule has 0 amide bonds. The summed E-state index contributed by atoms with van der Waals surface area (Å²) >= 11 is 0. The van der Waals surface area contributed by atoms with Crippen molar-refractivity contribution in [3.63, 3.8) is 0 Å². The normalized spacial score (nSPS) is 16.1. The molecule has 0 radical (unpaired) electrons. The van der Waals surface area contributed by atoms with Crippen LogP contribution in [0.5, 0.6) is 0 Å². The fourth-order valence-corrected chi connectivity index (χ4v) is 3.11. The molecular formula is C16H24. The molecule has 1 aliphatic carbocycles. The lowest BCUT2D eigenvalue weighted by Crippen LogP contribution is -2.17. The molecule has 0 aliphatic heterocycles. The predicted molar refractivity (Wildman–Crippen MR) is 71.3 cm³/mol. The Balaban J connectivity index is 2.63. The Morgan fingerprint density at radius 1 is 0.938 bits per heavy atom. The van der Waals surface area contributed by atoms with Crippen molar-refractivity contribution in [2.45, 2.75) is 65.7 Å². The smallest absolute Gasteiger partial charge is 0.0129 e. The zero-order valence-corrected chi connectivity index (χ0v) is 11.4. The van der Waals surface area contributed by atoms with E-state index in [0.717, 1.165) is 0 Å². The van der Waals surface area contributed by atoms with E-state index in [1.54, 1.807) is 22.3 Å². The molecule has 88 valence electrons. The predicted octanol–water partition coefficient (Wildman–Crippen LogP) is 4.48. The van der Waals surface area contributed by atoms with Gasteiger partial charge in [-0.2, -0.15) is 0 Å². The number of rotatable bonds is 0. The SMILES string of the molecule is Cc1cc(C(C)(C)C)c(C)c2c1CCCC2. The molecule has 16 heavy (non-hydrogen) atoms. The summed E-state index contributed by atoms with van der Waals surface area (Å²) in [6, 6.07) is 2.43. The monoisotopic (exact) mass is 216 g/mol. The molecule has 1 aromatic rings. The van der Waals surface area contributed by atoms with Crippen LogP contribution in [0.15, 0.2) is 6.07 Å². The van der Waals surface area contributed by atoms with Gasteiger partial charge in [-0.25, -0.2) is 0 Å². The standard InChI is InChI=1S/C16H24/c1-11-10-15(16(3,4)5)12(2)14-9-7-6-8-13(11)14/h10H,6-9H2,1-5H3. The average Bonchev–Trinajstić information content (AvgIpc) is 2.22. The lowest BCUT2D eigenvalue weighted by atomic mass is 9.76. The molecule has 0 heterocycles. The fraction of sp³-hybridized carbons (Fsp3) is 0.625. The highest BCUT2D eigenvalue weighted by Gasteiger charge is 2.22. The van der Waals surface area contributed by atoms with Gasteiger partial charge in [-0.15, -0.1) is 0 Å². The van der Waals surface area contributed by atoms with Crippen molar-refractivity contribution in [2.24, 2.45) is 0 Å². The van der Waals surface area contributed by atoms with Gasteiger partial charge in [-0.3, -0.25) is 0 Å². The molecule has 1 aliphatic rings. The van der Waals surface area contributed by atoms with E-state index in [2.05, 4.69) is 40.7 Å². The molecule has 0 fully saturated rings. The van der Waals surface area contributed by atoms with E-state index in [-0.39, 0.29) is 5.41 Å². The maximum absolute atomic E-state index is 2.43. The third kappa shape index (κ3) is 1.90. The molecular weight excluding hydrogens is 192 g/mol. The highest BCUT2D eigenvalue weighted by Crippen LogP contribution is 2.34. The Morgan fingerprint density at radius 3 is 2.06 bits per heavy atom. The summed E-state index contributed by atoms with van der Waals surface area (Å²) in [5.74, 6) is 0. The molecule has 2 rings (SSSR count). The second-order valence-electron chi connectivity index (χ2n) is 6.28. The topological polar surface area (TPSA) is 0 Å². The van der Waals surface area contributed by atoms with E-state index in [1.807, 2.05) is 0 Å². The minimum Gasteiger partial charge on any atom is -0.0561 e.